The Bertz CT molecular complexity index is 1060. The fourth-order valence-corrected chi connectivity index (χ4v) is 4.87. The Morgan fingerprint density at radius 1 is 1.13 bits per heavy atom. The smallest absolute Gasteiger partial charge is 0.260 e. The van der Waals surface area contributed by atoms with Crippen LogP contribution in [0.3, 0.4) is 0 Å². The monoisotopic (exact) mass is 461 g/mol. The van der Waals surface area contributed by atoms with Gasteiger partial charge in [-0.3, -0.25) is 9.59 Å². The molecule has 0 aromatic heterocycles. The maximum absolute atomic E-state index is 12.7. The first kappa shape index (κ1) is 22.0. The number of hydrogen-bond donors (Lipinski definition) is 0. The van der Waals surface area contributed by atoms with Crippen molar-refractivity contribution in [3.8, 4) is 11.5 Å². The van der Waals surface area contributed by atoms with Crippen LogP contribution < -0.4 is 9.47 Å². The Morgan fingerprint density at radius 3 is 2.55 bits per heavy atom. The minimum atomic E-state index is -0.635. The second-order valence-electron chi connectivity index (χ2n) is 8.52. The van der Waals surface area contributed by atoms with Gasteiger partial charge < -0.3 is 14.4 Å². The lowest BCUT2D eigenvalue weighted by molar-refractivity contribution is -0.136. The molecule has 0 radical (unpaired) electrons. The van der Waals surface area contributed by atoms with E-state index in [0.717, 1.165) is 22.4 Å². The highest BCUT2D eigenvalue weighted by Crippen LogP contribution is 2.44. The van der Waals surface area contributed by atoms with Crippen LogP contribution in [0.5, 0.6) is 11.5 Å². The average Bonchev–Trinajstić information content (AvgIpc) is 2.71. The van der Waals surface area contributed by atoms with E-state index in [-0.39, 0.29) is 24.7 Å². The Kier molecular flexibility index (Phi) is 5.93. The Hall–Kier alpha value is -2.24. The molecule has 4 rings (SSSR count). The first-order valence-electron chi connectivity index (χ1n) is 10.4. The maximum Gasteiger partial charge on any atom is 0.260 e. The predicted molar refractivity (Wildman–Crippen MR) is 121 cm³/mol. The minimum Gasteiger partial charge on any atom is -0.484 e. The SMILES string of the molecule is Cc1cc(C)c(C)c(OCC(=O)N2CCC3(CC2)CC(=O)c2cc(Cl)cc(Cl)c2O3)c1. The number of ketones is 1. The standard InChI is InChI=1S/C24H25Cl2NO4/c1-14-8-15(2)16(3)21(9-14)30-13-22(29)27-6-4-24(5-7-27)12-20(28)18-10-17(25)11-19(26)23(18)31-24/h8-11H,4-7,12-13H2,1-3H3. The molecule has 31 heavy (non-hydrogen) atoms. The van der Waals surface area contributed by atoms with Gasteiger partial charge in [-0.1, -0.05) is 29.3 Å². The molecule has 7 heteroatoms. The maximum atomic E-state index is 12.7. The number of rotatable bonds is 3. The number of aryl methyl sites for hydroxylation is 2. The van der Waals surface area contributed by atoms with Gasteiger partial charge in [-0.15, -0.1) is 0 Å². The summed E-state index contributed by atoms with van der Waals surface area (Å²) in [5.74, 6) is 1.04. The van der Waals surface area contributed by atoms with E-state index in [4.69, 9.17) is 32.7 Å². The predicted octanol–water partition coefficient (Wildman–Crippen LogP) is 5.32. The van der Waals surface area contributed by atoms with E-state index >= 15 is 0 Å². The summed E-state index contributed by atoms with van der Waals surface area (Å²) in [6.07, 6.45) is 1.38. The molecule has 1 fully saturated rings. The summed E-state index contributed by atoms with van der Waals surface area (Å²) >= 11 is 12.3. The van der Waals surface area contributed by atoms with Crippen LogP contribution in [0.4, 0.5) is 0 Å². The van der Waals surface area contributed by atoms with Crippen LogP contribution in [-0.4, -0.2) is 41.9 Å². The number of benzene rings is 2. The highest BCUT2D eigenvalue weighted by atomic mass is 35.5. The number of hydrogen-bond acceptors (Lipinski definition) is 4. The number of nitrogens with zero attached hydrogens (tertiary/aromatic N) is 1. The first-order valence-corrected chi connectivity index (χ1v) is 11.1. The molecule has 2 aromatic rings. The van der Waals surface area contributed by atoms with E-state index in [1.54, 1.807) is 17.0 Å². The molecule has 2 heterocycles. The molecule has 2 aromatic carbocycles. The van der Waals surface area contributed by atoms with Crippen LogP contribution >= 0.6 is 23.2 Å². The second-order valence-corrected chi connectivity index (χ2v) is 9.37. The highest BCUT2D eigenvalue weighted by molar-refractivity contribution is 6.36. The van der Waals surface area contributed by atoms with Crippen LogP contribution in [0.1, 0.15) is 46.3 Å². The van der Waals surface area contributed by atoms with E-state index in [9.17, 15) is 9.59 Å². The van der Waals surface area contributed by atoms with E-state index < -0.39 is 5.60 Å². The Labute approximate surface area is 192 Å². The van der Waals surface area contributed by atoms with Gasteiger partial charge in [0.25, 0.3) is 5.91 Å². The van der Waals surface area contributed by atoms with Crippen molar-refractivity contribution in [3.63, 3.8) is 0 Å². The van der Waals surface area contributed by atoms with Gasteiger partial charge in [-0.2, -0.15) is 0 Å². The number of Topliss-reactive ketones (excluding diaryl/α,β-unsaturated/α-hetero) is 1. The fraction of sp³-hybridized carbons (Fsp3) is 0.417. The normalized spacial score (nSPS) is 17.3. The van der Waals surface area contributed by atoms with Crippen LogP contribution in [0.15, 0.2) is 24.3 Å². The summed E-state index contributed by atoms with van der Waals surface area (Å²) < 4.78 is 12.1. The lowest BCUT2D eigenvalue weighted by atomic mass is 9.82. The van der Waals surface area contributed by atoms with Gasteiger partial charge in [0.1, 0.15) is 17.1 Å². The molecule has 1 amide bonds. The van der Waals surface area contributed by atoms with Crippen molar-refractivity contribution in [1.29, 1.82) is 0 Å². The molecule has 0 aliphatic carbocycles. The average molecular weight is 462 g/mol. The van der Waals surface area contributed by atoms with E-state index in [2.05, 4.69) is 6.07 Å². The van der Waals surface area contributed by atoms with Crippen LogP contribution in [0, 0.1) is 20.8 Å². The fourth-order valence-electron chi connectivity index (χ4n) is 4.34. The third kappa shape index (κ3) is 4.39. The number of carbonyl (C=O) groups is 2. The summed E-state index contributed by atoms with van der Waals surface area (Å²) in [5.41, 5.74) is 3.08. The number of fused-ring (bicyclic) bond motifs is 1. The molecule has 0 N–H and O–H groups in total. The number of piperidine rings is 1. The van der Waals surface area contributed by atoms with Crippen molar-refractivity contribution in [2.45, 2.75) is 45.6 Å². The zero-order valence-electron chi connectivity index (χ0n) is 17.9. The number of halogens is 2. The molecule has 0 unspecified atom stereocenters. The van der Waals surface area contributed by atoms with Crippen molar-refractivity contribution in [3.05, 3.63) is 56.6 Å². The van der Waals surface area contributed by atoms with Crippen molar-refractivity contribution in [2.24, 2.45) is 0 Å². The summed E-state index contributed by atoms with van der Waals surface area (Å²) in [5, 5.41) is 0.752. The van der Waals surface area contributed by atoms with Gasteiger partial charge in [-0.25, -0.2) is 0 Å². The topological polar surface area (TPSA) is 55.8 Å². The Morgan fingerprint density at radius 2 is 1.84 bits per heavy atom. The molecule has 2 aliphatic rings. The van der Waals surface area contributed by atoms with Crippen molar-refractivity contribution in [1.82, 2.24) is 4.90 Å². The van der Waals surface area contributed by atoms with Gasteiger partial charge >= 0.3 is 0 Å². The van der Waals surface area contributed by atoms with Gasteiger partial charge in [0, 0.05) is 31.0 Å². The van der Waals surface area contributed by atoms with Crippen LogP contribution in [0.2, 0.25) is 10.0 Å². The van der Waals surface area contributed by atoms with Crippen molar-refractivity contribution >= 4 is 34.9 Å². The quantitative estimate of drug-likeness (QED) is 0.619. The number of amides is 1. The first-order chi connectivity index (χ1) is 14.7. The molecule has 5 nitrogen and oxygen atoms in total. The second kappa shape index (κ2) is 8.36. The molecule has 164 valence electrons. The van der Waals surface area contributed by atoms with Gasteiger partial charge in [0.2, 0.25) is 0 Å². The molecule has 0 saturated carbocycles. The molecule has 2 aliphatic heterocycles. The van der Waals surface area contributed by atoms with Gasteiger partial charge in [0.15, 0.2) is 12.4 Å². The molecular formula is C24H25Cl2NO4. The molecule has 1 spiro atoms. The van der Waals surface area contributed by atoms with Gasteiger partial charge in [0.05, 0.1) is 17.0 Å². The highest BCUT2D eigenvalue weighted by Gasteiger charge is 2.44. The van der Waals surface area contributed by atoms with Crippen molar-refractivity contribution in [2.75, 3.05) is 19.7 Å². The third-order valence-electron chi connectivity index (χ3n) is 6.25. The van der Waals surface area contributed by atoms with Gasteiger partial charge in [-0.05, 0) is 55.7 Å². The van der Waals surface area contributed by atoms with E-state index in [0.29, 0.717) is 47.3 Å². The Balaban J connectivity index is 1.40. The van der Waals surface area contributed by atoms with Crippen LogP contribution in [0.25, 0.3) is 0 Å². The summed E-state index contributed by atoms with van der Waals surface area (Å²) in [4.78, 5) is 27.2. The molecule has 1 saturated heterocycles. The molecular weight excluding hydrogens is 437 g/mol. The van der Waals surface area contributed by atoms with Crippen molar-refractivity contribution < 1.29 is 19.1 Å². The van der Waals surface area contributed by atoms with E-state index in [1.807, 2.05) is 26.8 Å². The summed E-state index contributed by atoms with van der Waals surface area (Å²) in [6.45, 7) is 7.03. The zero-order valence-corrected chi connectivity index (χ0v) is 19.4. The minimum absolute atomic E-state index is 0.0102. The number of ether oxygens (including phenoxy) is 2. The largest absolute Gasteiger partial charge is 0.484 e. The molecule has 0 bridgehead atoms. The number of likely N-dealkylation sites (tertiary alicyclic amines) is 1. The third-order valence-corrected chi connectivity index (χ3v) is 6.75. The number of carbonyl (C=O) groups excluding carboxylic acids is 2. The molecule has 0 atom stereocenters. The zero-order chi connectivity index (χ0) is 22.3. The summed E-state index contributed by atoms with van der Waals surface area (Å²) in [7, 11) is 0. The summed E-state index contributed by atoms with van der Waals surface area (Å²) in [6, 6.07) is 7.23. The van der Waals surface area contributed by atoms with E-state index in [1.165, 1.54) is 0 Å². The lowest BCUT2D eigenvalue weighted by Gasteiger charge is -2.44. The van der Waals surface area contributed by atoms with Crippen LogP contribution in [-0.2, 0) is 4.79 Å². The lowest BCUT2D eigenvalue weighted by Crippen LogP contribution is -2.53.